The van der Waals surface area contributed by atoms with E-state index in [2.05, 4.69) is 20.9 Å². The summed E-state index contributed by atoms with van der Waals surface area (Å²) >= 11 is 3.50. The van der Waals surface area contributed by atoms with Gasteiger partial charge in [-0.1, -0.05) is 12.1 Å². The molecule has 1 atom stereocenters. The molecule has 2 heterocycles. The van der Waals surface area contributed by atoms with Gasteiger partial charge in [0.2, 0.25) is 0 Å². The highest BCUT2D eigenvalue weighted by Gasteiger charge is 2.28. The van der Waals surface area contributed by atoms with Crippen molar-refractivity contribution in [3.63, 3.8) is 0 Å². The van der Waals surface area contributed by atoms with Crippen LogP contribution in [0.15, 0.2) is 34.8 Å². The predicted molar refractivity (Wildman–Crippen MR) is 77.4 cm³/mol. The summed E-state index contributed by atoms with van der Waals surface area (Å²) in [5, 5.41) is 10.1. The lowest BCUT2D eigenvalue weighted by Crippen LogP contribution is -2.23. The van der Waals surface area contributed by atoms with Crippen molar-refractivity contribution >= 4 is 38.6 Å². The summed E-state index contributed by atoms with van der Waals surface area (Å²) < 4.78 is 0.959. The molecule has 1 saturated heterocycles. The molecule has 3 rings (SSSR count). The van der Waals surface area contributed by atoms with Crippen molar-refractivity contribution in [1.82, 2.24) is 4.98 Å². The normalized spacial score (nSPS) is 19.0. The van der Waals surface area contributed by atoms with E-state index in [0.29, 0.717) is 13.0 Å². The highest BCUT2D eigenvalue weighted by molar-refractivity contribution is 9.10. The van der Waals surface area contributed by atoms with Gasteiger partial charge in [-0.3, -0.25) is 4.79 Å². The zero-order chi connectivity index (χ0) is 13.4. The molecule has 1 fully saturated rings. The second-order valence-electron chi connectivity index (χ2n) is 4.75. The van der Waals surface area contributed by atoms with E-state index in [1.54, 1.807) is 0 Å². The van der Waals surface area contributed by atoms with Crippen LogP contribution in [0.2, 0.25) is 0 Å². The van der Waals surface area contributed by atoms with Crippen LogP contribution < -0.4 is 4.90 Å². The summed E-state index contributed by atoms with van der Waals surface area (Å²) in [6.07, 6.45) is 0.686. The van der Waals surface area contributed by atoms with Gasteiger partial charge in [0, 0.05) is 22.9 Å². The maximum absolute atomic E-state index is 11.0. The Bertz CT molecular complexity index is 644. The Morgan fingerprint density at radius 2 is 2.21 bits per heavy atom. The largest absolute Gasteiger partial charge is 0.481 e. The number of carboxylic acids is 1. The summed E-state index contributed by atoms with van der Waals surface area (Å²) in [5.41, 5.74) is 0.916. The van der Waals surface area contributed by atoms with E-state index < -0.39 is 5.97 Å². The van der Waals surface area contributed by atoms with Gasteiger partial charge in [-0.05, 0) is 40.5 Å². The summed E-state index contributed by atoms with van der Waals surface area (Å²) in [5.74, 6) is -0.149. The van der Waals surface area contributed by atoms with Gasteiger partial charge < -0.3 is 10.0 Å². The number of fused-ring (bicyclic) bond motifs is 1. The maximum Gasteiger partial charge on any atom is 0.308 e. The van der Waals surface area contributed by atoms with Crippen LogP contribution >= 0.6 is 15.9 Å². The molecule has 1 aliphatic heterocycles. The summed E-state index contributed by atoms with van der Waals surface area (Å²) in [6.45, 7) is 1.29. The van der Waals surface area contributed by atoms with E-state index in [4.69, 9.17) is 5.11 Å². The third-order valence-electron chi connectivity index (χ3n) is 3.52. The lowest BCUT2D eigenvalue weighted by Gasteiger charge is -2.17. The third kappa shape index (κ3) is 2.30. The number of benzene rings is 1. The number of aromatic nitrogens is 1. The standard InChI is InChI=1S/C14H13BrN2O2/c15-11-3-1-2-9-4-5-12(16-13(9)11)17-7-6-10(8-17)14(18)19/h1-5,10H,6-8H2,(H,18,19). The Morgan fingerprint density at radius 1 is 1.37 bits per heavy atom. The van der Waals surface area contributed by atoms with Crippen LogP contribution in [-0.2, 0) is 4.79 Å². The number of rotatable bonds is 2. The lowest BCUT2D eigenvalue weighted by molar-refractivity contribution is -0.140. The minimum Gasteiger partial charge on any atom is -0.481 e. The van der Waals surface area contributed by atoms with Crippen molar-refractivity contribution in [3.8, 4) is 0 Å². The van der Waals surface area contributed by atoms with Crippen LogP contribution in [0.3, 0.4) is 0 Å². The fourth-order valence-electron chi connectivity index (χ4n) is 2.45. The first-order valence-corrected chi connectivity index (χ1v) is 6.97. The van der Waals surface area contributed by atoms with Crippen LogP contribution in [0.1, 0.15) is 6.42 Å². The number of hydrogen-bond donors (Lipinski definition) is 1. The van der Waals surface area contributed by atoms with Crippen LogP contribution in [0.4, 0.5) is 5.82 Å². The lowest BCUT2D eigenvalue weighted by atomic mass is 10.1. The topological polar surface area (TPSA) is 53.4 Å². The number of carboxylic acid groups (broad SMARTS) is 1. The molecule has 0 saturated carbocycles. The number of halogens is 1. The number of carbonyl (C=O) groups is 1. The summed E-state index contributed by atoms with van der Waals surface area (Å²) in [4.78, 5) is 17.7. The first-order chi connectivity index (χ1) is 9.15. The zero-order valence-electron chi connectivity index (χ0n) is 10.2. The maximum atomic E-state index is 11.0. The van der Waals surface area contributed by atoms with Gasteiger partial charge in [-0.2, -0.15) is 0 Å². The Morgan fingerprint density at radius 3 is 2.95 bits per heavy atom. The molecule has 1 aliphatic rings. The third-order valence-corrected chi connectivity index (χ3v) is 4.16. The van der Waals surface area contributed by atoms with Gasteiger partial charge in [0.05, 0.1) is 11.4 Å². The first-order valence-electron chi connectivity index (χ1n) is 6.18. The van der Waals surface area contributed by atoms with Gasteiger partial charge in [0.15, 0.2) is 0 Å². The minimum absolute atomic E-state index is 0.281. The number of hydrogen-bond acceptors (Lipinski definition) is 3. The number of anilines is 1. The molecular formula is C14H13BrN2O2. The van der Waals surface area contributed by atoms with E-state index in [1.165, 1.54) is 0 Å². The smallest absolute Gasteiger partial charge is 0.308 e. The fourth-order valence-corrected chi connectivity index (χ4v) is 2.92. The summed E-state index contributed by atoms with van der Waals surface area (Å²) in [6, 6.07) is 9.93. The molecule has 4 nitrogen and oxygen atoms in total. The minimum atomic E-state index is -0.718. The fraction of sp³-hybridized carbons (Fsp3) is 0.286. The van der Waals surface area contributed by atoms with Gasteiger partial charge in [0.25, 0.3) is 0 Å². The zero-order valence-corrected chi connectivity index (χ0v) is 11.8. The second-order valence-corrected chi connectivity index (χ2v) is 5.61. The van der Waals surface area contributed by atoms with Gasteiger partial charge in [0.1, 0.15) is 5.82 Å². The molecule has 0 bridgehead atoms. The van der Waals surface area contributed by atoms with Crippen molar-refractivity contribution < 1.29 is 9.90 Å². The Labute approximate surface area is 119 Å². The average Bonchev–Trinajstić information content (AvgIpc) is 2.89. The molecule has 98 valence electrons. The SMILES string of the molecule is O=C(O)C1CCN(c2ccc3cccc(Br)c3n2)C1. The molecule has 5 heteroatoms. The number of para-hydroxylation sites is 1. The van der Waals surface area contributed by atoms with Crippen molar-refractivity contribution in [1.29, 1.82) is 0 Å². The van der Waals surface area contributed by atoms with Crippen LogP contribution in [0.25, 0.3) is 10.9 Å². The molecule has 1 aromatic carbocycles. The average molecular weight is 321 g/mol. The highest BCUT2D eigenvalue weighted by Crippen LogP contribution is 2.27. The van der Waals surface area contributed by atoms with Gasteiger partial charge >= 0.3 is 5.97 Å². The second kappa shape index (κ2) is 4.81. The van der Waals surface area contributed by atoms with E-state index >= 15 is 0 Å². The first kappa shape index (κ1) is 12.4. The Hall–Kier alpha value is -1.62. The van der Waals surface area contributed by atoms with E-state index in [1.807, 2.05) is 35.2 Å². The van der Waals surface area contributed by atoms with Crippen molar-refractivity contribution in [3.05, 3.63) is 34.8 Å². The summed E-state index contributed by atoms with van der Waals surface area (Å²) in [7, 11) is 0. The molecule has 0 amide bonds. The van der Waals surface area contributed by atoms with Gasteiger partial charge in [-0.25, -0.2) is 4.98 Å². The van der Waals surface area contributed by atoms with Crippen molar-refractivity contribution in [2.75, 3.05) is 18.0 Å². The Balaban J connectivity index is 1.94. The van der Waals surface area contributed by atoms with Crippen molar-refractivity contribution in [2.45, 2.75) is 6.42 Å². The molecule has 1 aromatic heterocycles. The molecule has 19 heavy (non-hydrogen) atoms. The van der Waals surface area contributed by atoms with Crippen LogP contribution in [0.5, 0.6) is 0 Å². The van der Waals surface area contributed by atoms with E-state index in [0.717, 1.165) is 27.7 Å². The van der Waals surface area contributed by atoms with Crippen LogP contribution in [0, 0.1) is 5.92 Å². The number of nitrogens with zero attached hydrogens (tertiary/aromatic N) is 2. The highest BCUT2D eigenvalue weighted by atomic mass is 79.9. The van der Waals surface area contributed by atoms with E-state index in [9.17, 15) is 4.79 Å². The molecule has 0 radical (unpaired) electrons. The molecule has 1 unspecified atom stereocenters. The quantitative estimate of drug-likeness (QED) is 0.924. The Kier molecular flexibility index (Phi) is 3.14. The van der Waals surface area contributed by atoms with Crippen molar-refractivity contribution in [2.24, 2.45) is 5.92 Å². The molecular weight excluding hydrogens is 308 g/mol. The monoisotopic (exact) mass is 320 g/mol. The molecule has 0 spiro atoms. The predicted octanol–water partition coefficient (Wildman–Crippen LogP) is 2.91. The number of pyridine rings is 1. The number of aliphatic carboxylic acids is 1. The van der Waals surface area contributed by atoms with E-state index in [-0.39, 0.29) is 5.92 Å². The van der Waals surface area contributed by atoms with Gasteiger partial charge in [-0.15, -0.1) is 0 Å². The van der Waals surface area contributed by atoms with Crippen LogP contribution in [-0.4, -0.2) is 29.1 Å². The molecule has 1 N–H and O–H groups in total. The molecule has 2 aromatic rings. The molecule has 0 aliphatic carbocycles.